The average molecular weight is 483 g/mol. The van der Waals surface area contributed by atoms with Gasteiger partial charge >= 0.3 is 12.1 Å². The molecule has 3 aromatic rings. The topological polar surface area (TPSA) is 62.7 Å². The van der Waals surface area contributed by atoms with Gasteiger partial charge in [-0.1, -0.05) is 30.3 Å². The van der Waals surface area contributed by atoms with Gasteiger partial charge in [0.25, 0.3) is 0 Å². The molecule has 0 saturated carbocycles. The summed E-state index contributed by atoms with van der Waals surface area (Å²) in [6, 6.07) is 16.7. The Morgan fingerprint density at radius 1 is 1.12 bits per heavy atom. The molecule has 1 N–H and O–H groups in total. The molecule has 168 valence electrons. The summed E-state index contributed by atoms with van der Waals surface area (Å²) in [5.41, 5.74) is 0.275. The molecule has 0 aliphatic heterocycles. The van der Waals surface area contributed by atoms with Crippen molar-refractivity contribution in [1.29, 1.82) is 0 Å². The third-order valence-corrected chi connectivity index (χ3v) is 5.69. The van der Waals surface area contributed by atoms with Crippen molar-refractivity contribution in [1.82, 2.24) is 4.98 Å². The number of hydrogen-bond donors (Lipinski definition) is 1. The predicted octanol–water partition coefficient (Wildman–Crippen LogP) is 6.48. The lowest BCUT2D eigenvalue weighted by Crippen LogP contribution is -2.19. The molecule has 0 amide bonds. The second kappa shape index (κ2) is 10.6. The fourth-order valence-corrected chi connectivity index (χ4v) is 3.96. The van der Waals surface area contributed by atoms with E-state index in [1.807, 2.05) is 30.3 Å². The first-order valence-corrected chi connectivity index (χ1v) is 10.5. The molecular formula is C22H18ClF3N2O3S. The summed E-state index contributed by atoms with van der Waals surface area (Å²) in [7, 11) is 0. The predicted molar refractivity (Wildman–Crippen MR) is 117 cm³/mol. The molecule has 0 spiro atoms. The van der Waals surface area contributed by atoms with E-state index in [1.165, 1.54) is 24.1 Å². The molecule has 1 heterocycles. The minimum Gasteiger partial charge on any atom is -0.478 e. The van der Waals surface area contributed by atoms with E-state index in [0.717, 1.165) is 24.2 Å². The lowest BCUT2D eigenvalue weighted by atomic mass is 10.1. The lowest BCUT2D eigenvalue weighted by Gasteiger charge is -2.24. The zero-order valence-electron chi connectivity index (χ0n) is 16.6. The van der Waals surface area contributed by atoms with E-state index in [9.17, 15) is 18.0 Å². The summed E-state index contributed by atoms with van der Waals surface area (Å²) in [5, 5.41) is 9.07. The molecule has 0 aliphatic rings. The highest BCUT2D eigenvalue weighted by Gasteiger charge is 2.33. The molecule has 0 fully saturated rings. The van der Waals surface area contributed by atoms with Crippen LogP contribution in [0.1, 0.15) is 27.9 Å². The van der Waals surface area contributed by atoms with Gasteiger partial charge in [-0.15, -0.1) is 0 Å². The number of halogens is 4. The number of aryl methyl sites for hydroxylation is 1. The fraction of sp³-hybridized carbons (Fsp3) is 0.182. The number of aromatic carboxylic acids is 1. The smallest absolute Gasteiger partial charge is 0.418 e. The maximum atomic E-state index is 13.1. The number of alkyl halides is 3. The van der Waals surface area contributed by atoms with E-state index in [-0.39, 0.29) is 17.1 Å². The molecular weight excluding hydrogens is 465 g/mol. The third kappa shape index (κ3) is 6.30. The molecule has 10 heteroatoms. The monoisotopic (exact) mass is 482 g/mol. The number of carboxylic acids is 1. The van der Waals surface area contributed by atoms with Gasteiger partial charge in [0.2, 0.25) is 0 Å². The molecule has 0 saturated heterocycles. The van der Waals surface area contributed by atoms with Crippen LogP contribution in [-0.2, 0) is 12.6 Å². The molecule has 5 nitrogen and oxygen atoms in total. The van der Waals surface area contributed by atoms with Crippen LogP contribution < -0.4 is 8.59 Å². The summed E-state index contributed by atoms with van der Waals surface area (Å²) in [5.74, 6) is -1.15. The van der Waals surface area contributed by atoms with Crippen LogP contribution in [0.5, 0.6) is 5.75 Å². The first-order valence-electron chi connectivity index (χ1n) is 9.46. The summed E-state index contributed by atoms with van der Waals surface area (Å²) in [6.45, 7) is 0.422. The molecule has 0 unspecified atom stereocenters. The van der Waals surface area contributed by atoms with E-state index in [0.29, 0.717) is 17.9 Å². The van der Waals surface area contributed by atoms with Gasteiger partial charge in [-0.25, -0.2) is 9.78 Å². The summed E-state index contributed by atoms with van der Waals surface area (Å²) in [4.78, 5) is 15.7. The second-order valence-corrected chi connectivity index (χ2v) is 7.98. The number of nitrogens with zero attached hydrogens (tertiary/aromatic N) is 2. The van der Waals surface area contributed by atoms with Crippen molar-refractivity contribution in [2.24, 2.45) is 0 Å². The third-order valence-electron chi connectivity index (χ3n) is 4.47. The maximum Gasteiger partial charge on any atom is 0.418 e. The van der Waals surface area contributed by atoms with Crippen LogP contribution in [0.4, 0.5) is 19.0 Å². The Balaban J connectivity index is 1.86. The van der Waals surface area contributed by atoms with Gasteiger partial charge in [0, 0.05) is 23.7 Å². The highest BCUT2D eigenvalue weighted by atomic mass is 35.5. The Labute approximate surface area is 192 Å². The van der Waals surface area contributed by atoms with Crippen molar-refractivity contribution in [3.8, 4) is 5.75 Å². The van der Waals surface area contributed by atoms with Gasteiger partial charge in [-0.3, -0.25) is 4.31 Å². The van der Waals surface area contributed by atoms with Crippen molar-refractivity contribution in [2.45, 2.75) is 23.9 Å². The Morgan fingerprint density at radius 2 is 1.81 bits per heavy atom. The van der Waals surface area contributed by atoms with Crippen LogP contribution in [0.15, 0.2) is 71.8 Å². The zero-order chi connectivity index (χ0) is 23.1. The van der Waals surface area contributed by atoms with Crippen LogP contribution in [0, 0.1) is 0 Å². The molecule has 32 heavy (non-hydrogen) atoms. The Bertz CT molecular complexity index is 1050. The number of benzene rings is 2. The Kier molecular flexibility index (Phi) is 7.87. The standard InChI is InChI=1S/C22H18ClF3N2O3S/c23-31-19-13-17(22(24,25)26)14-27-20(19)28(12-4-7-15-5-2-1-3-6-15)32-18-10-8-16(9-11-18)21(29)30/h1-3,5-6,8-11,13-14H,4,7,12H2,(H,29,30). The van der Waals surface area contributed by atoms with Crippen LogP contribution in [0.3, 0.4) is 0 Å². The second-order valence-electron chi connectivity index (χ2n) is 6.73. The van der Waals surface area contributed by atoms with Crippen molar-refractivity contribution >= 4 is 35.6 Å². The van der Waals surface area contributed by atoms with E-state index in [4.69, 9.17) is 21.3 Å². The van der Waals surface area contributed by atoms with Gasteiger partial charge in [-0.05, 0) is 54.6 Å². The number of carbonyl (C=O) groups is 1. The number of aromatic nitrogens is 1. The van der Waals surface area contributed by atoms with E-state index in [2.05, 4.69) is 4.98 Å². The summed E-state index contributed by atoms with van der Waals surface area (Å²) < 4.78 is 45.6. The number of carboxylic acid groups (broad SMARTS) is 1. The highest BCUT2D eigenvalue weighted by Crippen LogP contribution is 2.39. The van der Waals surface area contributed by atoms with Crippen molar-refractivity contribution in [3.05, 3.63) is 83.6 Å². The maximum absolute atomic E-state index is 13.1. The molecule has 1 aromatic heterocycles. The number of pyridine rings is 1. The van der Waals surface area contributed by atoms with Crippen LogP contribution in [-0.4, -0.2) is 22.6 Å². The Hall–Kier alpha value is -2.91. The quantitative estimate of drug-likeness (QED) is 0.352. The number of rotatable bonds is 9. The first-order chi connectivity index (χ1) is 15.3. The lowest BCUT2D eigenvalue weighted by molar-refractivity contribution is -0.137. The Morgan fingerprint density at radius 3 is 2.41 bits per heavy atom. The van der Waals surface area contributed by atoms with Gasteiger partial charge < -0.3 is 9.40 Å². The van der Waals surface area contributed by atoms with Gasteiger partial charge in [-0.2, -0.15) is 13.2 Å². The molecule has 0 radical (unpaired) electrons. The van der Waals surface area contributed by atoms with Crippen LogP contribution in [0.2, 0.25) is 0 Å². The normalized spacial score (nSPS) is 11.2. The molecule has 3 rings (SSSR count). The van der Waals surface area contributed by atoms with Crippen molar-refractivity contribution in [2.75, 3.05) is 10.8 Å². The fourth-order valence-electron chi connectivity index (χ4n) is 2.89. The zero-order valence-corrected chi connectivity index (χ0v) is 18.1. The van der Waals surface area contributed by atoms with E-state index in [1.54, 1.807) is 16.4 Å². The molecule has 2 aromatic carbocycles. The van der Waals surface area contributed by atoms with E-state index >= 15 is 0 Å². The average Bonchev–Trinajstić information content (AvgIpc) is 2.78. The summed E-state index contributed by atoms with van der Waals surface area (Å²) in [6.07, 6.45) is -2.44. The first kappa shape index (κ1) is 23.7. The molecule has 0 aliphatic carbocycles. The highest BCUT2D eigenvalue weighted by molar-refractivity contribution is 8.00. The largest absolute Gasteiger partial charge is 0.478 e. The van der Waals surface area contributed by atoms with Gasteiger partial charge in [0.05, 0.1) is 11.1 Å². The van der Waals surface area contributed by atoms with Crippen molar-refractivity contribution in [3.63, 3.8) is 0 Å². The van der Waals surface area contributed by atoms with Gasteiger partial charge in [0.1, 0.15) is 11.9 Å². The molecule has 0 bridgehead atoms. The van der Waals surface area contributed by atoms with Gasteiger partial charge in [0.15, 0.2) is 11.6 Å². The summed E-state index contributed by atoms with van der Waals surface area (Å²) >= 11 is 6.68. The number of anilines is 1. The van der Waals surface area contributed by atoms with E-state index < -0.39 is 17.7 Å². The van der Waals surface area contributed by atoms with Crippen LogP contribution in [0.25, 0.3) is 0 Å². The number of hydrogen-bond acceptors (Lipinski definition) is 5. The minimum absolute atomic E-state index is 0.127. The minimum atomic E-state index is -4.59. The van der Waals surface area contributed by atoms with Crippen LogP contribution >= 0.6 is 23.8 Å². The SMILES string of the molecule is O=C(O)c1ccc(SN(CCCc2ccccc2)c2ncc(C(F)(F)F)cc2OCl)cc1. The van der Waals surface area contributed by atoms with Crippen molar-refractivity contribution < 1.29 is 27.4 Å². The molecule has 0 atom stereocenters.